The molecule has 0 aromatic rings. The summed E-state index contributed by atoms with van der Waals surface area (Å²) in [5.41, 5.74) is -0.153. The molecular formula is C12H18N4O. The van der Waals surface area contributed by atoms with Crippen molar-refractivity contribution in [3.63, 3.8) is 0 Å². The molecule has 1 rings (SSSR count). The molecule has 2 atom stereocenters. The van der Waals surface area contributed by atoms with Crippen LogP contribution in [-0.4, -0.2) is 35.0 Å². The summed E-state index contributed by atoms with van der Waals surface area (Å²) in [5, 5.41) is 21.0. The largest absolute Gasteiger partial charge is 0.310 e. The maximum Gasteiger partial charge on any atom is 0.238 e. The second kappa shape index (κ2) is 5.16. The molecule has 1 saturated heterocycles. The lowest BCUT2D eigenvalue weighted by molar-refractivity contribution is -0.131. The number of nitrogens with zero attached hydrogens (tertiary/aromatic N) is 3. The van der Waals surface area contributed by atoms with E-state index in [-0.39, 0.29) is 18.0 Å². The molecule has 5 nitrogen and oxygen atoms in total. The zero-order chi connectivity index (χ0) is 13.1. The normalized spacial score (nSPS) is 24.2. The van der Waals surface area contributed by atoms with E-state index in [1.165, 1.54) is 4.90 Å². The first-order valence-corrected chi connectivity index (χ1v) is 5.74. The SMILES string of the molecule is CC(C)(C)NCC(=O)N1[C@H](C#N)CC[C@H]1C#N. The summed E-state index contributed by atoms with van der Waals surface area (Å²) in [7, 11) is 0. The van der Waals surface area contributed by atoms with Crippen LogP contribution in [0.2, 0.25) is 0 Å². The molecule has 17 heavy (non-hydrogen) atoms. The Morgan fingerprint density at radius 2 is 1.76 bits per heavy atom. The van der Waals surface area contributed by atoms with Crippen molar-refractivity contribution in [2.75, 3.05) is 6.54 Å². The molecule has 1 fully saturated rings. The van der Waals surface area contributed by atoms with Crippen molar-refractivity contribution in [3.8, 4) is 12.1 Å². The third-order valence-electron chi connectivity index (χ3n) is 2.74. The highest BCUT2D eigenvalue weighted by Crippen LogP contribution is 2.23. The molecule has 0 radical (unpaired) electrons. The van der Waals surface area contributed by atoms with Gasteiger partial charge in [0.25, 0.3) is 0 Å². The van der Waals surface area contributed by atoms with Crippen molar-refractivity contribution in [2.24, 2.45) is 0 Å². The van der Waals surface area contributed by atoms with Crippen LogP contribution in [0.25, 0.3) is 0 Å². The zero-order valence-corrected chi connectivity index (χ0v) is 10.5. The summed E-state index contributed by atoms with van der Waals surface area (Å²) >= 11 is 0. The summed E-state index contributed by atoms with van der Waals surface area (Å²) < 4.78 is 0. The number of carbonyl (C=O) groups excluding carboxylic acids is 1. The van der Waals surface area contributed by atoms with Crippen LogP contribution in [-0.2, 0) is 4.79 Å². The van der Waals surface area contributed by atoms with Crippen molar-refractivity contribution >= 4 is 5.91 Å². The van der Waals surface area contributed by atoms with Crippen LogP contribution >= 0.6 is 0 Å². The highest BCUT2D eigenvalue weighted by atomic mass is 16.2. The van der Waals surface area contributed by atoms with Gasteiger partial charge in [0.1, 0.15) is 12.1 Å². The molecule has 0 aromatic heterocycles. The molecule has 0 spiro atoms. The maximum absolute atomic E-state index is 12.0. The van der Waals surface area contributed by atoms with Gasteiger partial charge in [-0.3, -0.25) is 4.79 Å². The Balaban J connectivity index is 2.66. The minimum absolute atomic E-state index is 0.153. The standard InChI is InChI=1S/C12H18N4O/c1-12(2,3)15-8-11(17)16-9(6-13)4-5-10(16)7-14/h9-10,15H,4-5,8H2,1-3H3/t9-,10-/m0/s1. The van der Waals surface area contributed by atoms with Crippen LogP contribution in [0.3, 0.4) is 0 Å². The van der Waals surface area contributed by atoms with Gasteiger partial charge in [-0.2, -0.15) is 10.5 Å². The van der Waals surface area contributed by atoms with Crippen molar-refractivity contribution in [2.45, 2.75) is 51.2 Å². The van der Waals surface area contributed by atoms with Crippen molar-refractivity contribution < 1.29 is 4.79 Å². The Labute approximate surface area is 102 Å². The fourth-order valence-electron chi connectivity index (χ4n) is 1.84. The van der Waals surface area contributed by atoms with E-state index in [2.05, 4.69) is 17.5 Å². The summed E-state index contributed by atoms with van der Waals surface area (Å²) in [6, 6.07) is 3.26. The smallest absolute Gasteiger partial charge is 0.238 e. The third kappa shape index (κ3) is 3.44. The Morgan fingerprint density at radius 3 is 2.12 bits per heavy atom. The van der Waals surface area contributed by atoms with E-state index in [9.17, 15) is 4.79 Å². The zero-order valence-electron chi connectivity index (χ0n) is 10.5. The van der Waals surface area contributed by atoms with Gasteiger partial charge >= 0.3 is 0 Å². The van der Waals surface area contributed by atoms with E-state index >= 15 is 0 Å². The first kappa shape index (κ1) is 13.5. The van der Waals surface area contributed by atoms with E-state index in [0.29, 0.717) is 12.8 Å². The predicted molar refractivity (Wildman–Crippen MR) is 62.6 cm³/mol. The molecular weight excluding hydrogens is 216 g/mol. The van der Waals surface area contributed by atoms with Gasteiger partial charge in [0.15, 0.2) is 0 Å². The quantitative estimate of drug-likeness (QED) is 0.765. The van der Waals surface area contributed by atoms with E-state index in [1.807, 2.05) is 20.8 Å². The Hall–Kier alpha value is -1.59. The molecule has 0 saturated carbocycles. The Kier molecular flexibility index (Phi) is 4.09. The van der Waals surface area contributed by atoms with Gasteiger partial charge in [-0.1, -0.05) is 0 Å². The number of nitrogens with one attached hydrogen (secondary N) is 1. The lowest BCUT2D eigenvalue weighted by Gasteiger charge is -2.26. The Morgan fingerprint density at radius 1 is 1.29 bits per heavy atom. The first-order chi connectivity index (χ1) is 7.89. The summed E-state index contributed by atoms with van der Waals surface area (Å²) in [6.07, 6.45) is 1.19. The maximum atomic E-state index is 12.0. The van der Waals surface area contributed by atoms with E-state index < -0.39 is 12.1 Å². The molecule has 1 aliphatic rings. The molecule has 5 heteroatoms. The van der Waals surface area contributed by atoms with E-state index in [0.717, 1.165) is 0 Å². The molecule has 0 aromatic carbocycles. The first-order valence-electron chi connectivity index (χ1n) is 5.74. The van der Waals surface area contributed by atoms with Crippen LogP contribution in [0.5, 0.6) is 0 Å². The van der Waals surface area contributed by atoms with Crippen LogP contribution in [0.15, 0.2) is 0 Å². The molecule has 92 valence electrons. The highest BCUT2D eigenvalue weighted by Gasteiger charge is 2.36. The minimum atomic E-state index is -0.450. The number of likely N-dealkylation sites (tertiary alicyclic amines) is 1. The van der Waals surface area contributed by atoms with Gasteiger partial charge in [-0.05, 0) is 33.6 Å². The fourth-order valence-corrected chi connectivity index (χ4v) is 1.84. The minimum Gasteiger partial charge on any atom is -0.310 e. The number of hydrogen-bond acceptors (Lipinski definition) is 4. The number of carbonyl (C=O) groups is 1. The highest BCUT2D eigenvalue weighted by molar-refractivity contribution is 5.80. The molecule has 0 aliphatic carbocycles. The molecule has 1 aliphatic heterocycles. The number of hydrogen-bond donors (Lipinski definition) is 1. The molecule has 1 heterocycles. The van der Waals surface area contributed by atoms with E-state index in [4.69, 9.17) is 10.5 Å². The molecule has 0 bridgehead atoms. The van der Waals surface area contributed by atoms with E-state index in [1.54, 1.807) is 0 Å². The van der Waals surface area contributed by atoms with Crippen LogP contribution < -0.4 is 5.32 Å². The van der Waals surface area contributed by atoms with Crippen LogP contribution in [0.1, 0.15) is 33.6 Å². The van der Waals surface area contributed by atoms with Crippen molar-refractivity contribution in [3.05, 3.63) is 0 Å². The number of nitriles is 2. The molecule has 1 amide bonds. The second-order valence-electron chi connectivity index (χ2n) is 5.27. The average Bonchev–Trinajstić information content (AvgIpc) is 2.67. The Bertz CT molecular complexity index is 349. The van der Waals surface area contributed by atoms with Crippen molar-refractivity contribution in [1.82, 2.24) is 10.2 Å². The number of rotatable bonds is 2. The number of amides is 1. The van der Waals surface area contributed by atoms with Gasteiger partial charge < -0.3 is 10.2 Å². The average molecular weight is 234 g/mol. The molecule has 1 N–H and O–H groups in total. The second-order valence-corrected chi connectivity index (χ2v) is 5.27. The topological polar surface area (TPSA) is 79.9 Å². The van der Waals surface area contributed by atoms with Gasteiger partial charge in [0.05, 0.1) is 18.7 Å². The van der Waals surface area contributed by atoms with Gasteiger partial charge in [-0.15, -0.1) is 0 Å². The summed E-state index contributed by atoms with van der Waals surface area (Å²) in [6.45, 7) is 6.06. The van der Waals surface area contributed by atoms with Crippen LogP contribution in [0, 0.1) is 22.7 Å². The van der Waals surface area contributed by atoms with Crippen LogP contribution in [0.4, 0.5) is 0 Å². The van der Waals surface area contributed by atoms with Crippen molar-refractivity contribution in [1.29, 1.82) is 10.5 Å². The molecule has 0 unspecified atom stereocenters. The van der Waals surface area contributed by atoms with Gasteiger partial charge in [0.2, 0.25) is 5.91 Å². The lowest BCUT2D eigenvalue weighted by atomic mass is 10.1. The van der Waals surface area contributed by atoms with Gasteiger partial charge in [0, 0.05) is 5.54 Å². The summed E-state index contributed by atoms with van der Waals surface area (Å²) in [4.78, 5) is 13.4. The fraction of sp³-hybridized carbons (Fsp3) is 0.750. The third-order valence-corrected chi connectivity index (χ3v) is 2.74. The summed E-state index contributed by atoms with van der Waals surface area (Å²) in [5.74, 6) is -0.171. The predicted octanol–water partition coefficient (Wildman–Crippen LogP) is 0.781. The lowest BCUT2D eigenvalue weighted by Crippen LogP contribution is -2.48. The van der Waals surface area contributed by atoms with Gasteiger partial charge in [-0.25, -0.2) is 0 Å². The monoisotopic (exact) mass is 234 g/mol.